The highest BCUT2D eigenvalue weighted by atomic mass is 16.5. The molecule has 138 valence electrons. The summed E-state index contributed by atoms with van der Waals surface area (Å²) in [7, 11) is 3.54. The van der Waals surface area contributed by atoms with Crippen molar-refractivity contribution < 1.29 is 14.6 Å². The molecule has 3 nitrogen and oxygen atoms in total. The zero-order valence-corrected chi connectivity index (χ0v) is 15.9. The predicted molar refractivity (Wildman–Crippen MR) is 96.9 cm³/mol. The SMILES string of the molecule is COC[C@]1(O)C[C@H]2C[C@]23[C@@H]2CCC4=C(CC=C(OC)C4)[C@H]2CC[C@]13C. The lowest BCUT2D eigenvalue weighted by molar-refractivity contribution is -0.159. The van der Waals surface area contributed by atoms with E-state index in [0.29, 0.717) is 12.0 Å². The highest BCUT2D eigenvalue weighted by Gasteiger charge is 2.80. The fraction of sp³-hybridized carbons (Fsp3) is 0.818. The maximum absolute atomic E-state index is 11.5. The summed E-state index contributed by atoms with van der Waals surface area (Å²) in [6.07, 6.45) is 11.7. The lowest BCUT2D eigenvalue weighted by atomic mass is 9.49. The monoisotopic (exact) mass is 344 g/mol. The molecule has 0 aromatic rings. The normalized spacial score (nSPS) is 50.4. The Hall–Kier alpha value is -0.800. The Labute approximate surface area is 151 Å². The zero-order valence-electron chi connectivity index (χ0n) is 15.9. The molecule has 3 saturated carbocycles. The van der Waals surface area contributed by atoms with Crippen LogP contribution in [0.3, 0.4) is 0 Å². The standard InChI is InChI=1S/C22H32O3/c1-20-9-8-18-17-6-5-16(25-3)10-14(17)4-7-19(18)22(20)12-15(22)11-21(20,23)13-24-2/h5,15,18-19,23H,4,6-13H2,1-3H3/t15-,18+,19+,20+,21+,22+/m0/s1. The van der Waals surface area contributed by atoms with Crippen LogP contribution in [0.25, 0.3) is 0 Å². The Bertz CT molecular complexity index is 664. The Balaban J connectivity index is 1.48. The Morgan fingerprint density at radius 1 is 1.24 bits per heavy atom. The van der Waals surface area contributed by atoms with E-state index in [-0.39, 0.29) is 5.41 Å². The molecule has 1 spiro atoms. The van der Waals surface area contributed by atoms with Gasteiger partial charge < -0.3 is 14.6 Å². The van der Waals surface area contributed by atoms with Crippen molar-refractivity contribution in [2.24, 2.45) is 28.6 Å². The largest absolute Gasteiger partial charge is 0.501 e. The van der Waals surface area contributed by atoms with Crippen molar-refractivity contribution in [2.45, 2.75) is 63.9 Å². The minimum atomic E-state index is -0.611. The topological polar surface area (TPSA) is 38.7 Å². The fourth-order valence-electron chi connectivity index (χ4n) is 7.92. The molecule has 5 aliphatic carbocycles. The molecule has 1 N–H and O–H groups in total. The Morgan fingerprint density at radius 2 is 2.08 bits per heavy atom. The van der Waals surface area contributed by atoms with E-state index in [2.05, 4.69) is 13.0 Å². The average molecular weight is 344 g/mol. The van der Waals surface area contributed by atoms with Crippen molar-refractivity contribution in [3.63, 3.8) is 0 Å². The van der Waals surface area contributed by atoms with Crippen LogP contribution in [0, 0.1) is 28.6 Å². The lowest BCUT2D eigenvalue weighted by Crippen LogP contribution is -2.56. The van der Waals surface area contributed by atoms with Crippen LogP contribution in [0.1, 0.15) is 58.3 Å². The van der Waals surface area contributed by atoms with E-state index in [1.54, 1.807) is 25.4 Å². The minimum Gasteiger partial charge on any atom is -0.501 e. The number of hydrogen-bond donors (Lipinski definition) is 1. The van der Waals surface area contributed by atoms with Gasteiger partial charge in [-0.05, 0) is 74.2 Å². The molecule has 0 bridgehead atoms. The Morgan fingerprint density at radius 3 is 2.84 bits per heavy atom. The van der Waals surface area contributed by atoms with Gasteiger partial charge in [-0.1, -0.05) is 18.1 Å². The van der Waals surface area contributed by atoms with Gasteiger partial charge in [-0.2, -0.15) is 0 Å². The number of rotatable bonds is 3. The molecule has 0 aromatic carbocycles. The van der Waals surface area contributed by atoms with E-state index in [0.717, 1.165) is 49.2 Å². The second kappa shape index (κ2) is 5.13. The van der Waals surface area contributed by atoms with E-state index in [4.69, 9.17) is 9.47 Å². The van der Waals surface area contributed by atoms with E-state index < -0.39 is 5.60 Å². The van der Waals surface area contributed by atoms with E-state index in [1.165, 1.54) is 25.7 Å². The third-order valence-electron chi connectivity index (χ3n) is 9.14. The summed E-state index contributed by atoms with van der Waals surface area (Å²) in [6.45, 7) is 2.90. The summed E-state index contributed by atoms with van der Waals surface area (Å²) >= 11 is 0. The van der Waals surface area contributed by atoms with Crippen LogP contribution in [0.4, 0.5) is 0 Å². The summed E-state index contributed by atoms with van der Waals surface area (Å²) in [6, 6.07) is 0. The molecule has 3 fully saturated rings. The second-order valence-electron chi connectivity index (χ2n) is 9.62. The number of ether oxygens (including phenoxy) is 2. The molecule has 5 aliphatic rings. The molecule has 0 heterocycles. The van der Waals surface area contributed by atoms with Gasteiger partial charge in [0.1, 0.15) is 0 Å². The van der Waals surface area contributed by atoms with Crippen molar-refractivity contribution in [3.05, 3.63) is 23.0 Å². The first-order valence-corrected chi connectivity index (χ1v) is 10.1. The van der Waals surface area contributed by atoms with E-state index in [1.807, 2.05) is 0 Å². The molecule has 0 unspecified atom stereocenters. The molecule has 6 atom stereocenters. The summed E-state index contributed by atoms with van der Waals surface area (Å²) in [5.74, 6) is 3.41. The quantitative estimate of drug-likeness (QED) is 0.779. The molecular formula is C22H32O3. The summed E-state index contributed by atoms with van der Waals surface area (Å²) in [5.41, 5.74) is 3.22. The predicted octanol–water partition coefficient (Wildman–Crippen LogP) is 4.22. The van der Waals surface area contributed by atoms with Gasteiger partial charge >= 0.3 is 0 Å². The number of fused-ring (bicyclic) bond motifs is 2. The van der Waals surface area contributed by atoms with Crippen molar-refractivity contribution in [1.29, 1.82) is 0 Å². The van der Waals surface area contributed by atoms with Crippen molar-refractivity contribution in [1.82, 2.24) is 0 Å². The first-order valence-electron chi connectivity index (χ1n) is 10.1. The molecule has 3 heteroatoms. The van der Waals surface area contributed by atoms with Crippen LogP contribution in [-0.4, -0.2) is 31.5 Å². The fourth-order valence-corrected chi connectivity index (χ4v) is 7.92. The van der Waals surface area contributed by atoms with Crippen LogP contribution >= 0.6 is 0 Å². The van der Waals surface area contributed by atoms with Gasteiger partial charge in [0, 0.05) is 18.9 Å². The summed E-state index contributed by atoms with van der Waals surface area (Å²) in [5, 5.41) is 11.5. The number of hydrogen-bond acceptors (Lipinski definition) is 3. The molecule has 0 radical (unpaired) electrons. The van der Waals surface area contributed by atoms with Crippen LogP contribution in [0.15, 0.2) is 23.0 Å². The van der Waals surface area contributed by atoms with Crippen LogP contribution in [-0.2, 0) is 9.47 Å². The van der Waals surface area contributed by atoms with Gasteiger partial charge in [0.15, 0.2) is 0 Å². The van der Waals surface area contributed by atoms with E-state index >= 15 is 0 Å². The molecule has 0 amide bonds. The van der Waals surface area contributed by atoms with Gasteiger partial charge in [-0.15, -0.1) is 0 Å². The van der Waals surface area contributed by atoms with Gasteiger partial charge in [0.2, 0.25) is 0 Å². The number of methoxy groups -OCH3 is 2. The van der Waals surface area contributed by atoms with Gasteiger partial charge in [0.05, 0.1) is 25.1 Å². The summed E-state index contributed by atoms with van der Waals surface area (Å²) in [4.78, 5) is 0. The van der Waals surface area contributed by atoms with Gasteiger partial charge in [-0.3, -0.25) is 0 Å². The lowest BCUT2D eigenvalue weighted by Gasteiger charge is -2.56. The van der Waals surface area contributed by atoms with Crippen LogP contribution in [0.5, 0.6) is 0 Å². The summed E-state index contributed by atoms with van der Waals surface area (Å²) < 4.78 is 11.0. The third kappa shape index (κ3) is 1.84. The molecule has 0 aromatic heterocycles. The molecule has 0 saturated heterocycles. The molecule has 5 rings (SSSR count). The third-order valence-corrected chi connectivity index (χ3v) is 9.14. The molecule has 0 aliphatic heterocycles. The first kappa shape index (κ1) is 16.4. The molecular weight excluding hydrogens is 312 g/mol. The van der Waals surface area contributed by atoms with E-state index in [9.17, 15) is 5.11 Å². The highest BCUT2D eigenvalue weighted by molar-refractivity contribution is 5.37. The maximum Gasteiger partial charge on any atom is 0.0959 e. The average Bonchev–Trinajstić information content (AvgIpc) is 3.27. The highest BCUT2D eigenvalue weighted by Crippen LogP contribution is 2.83. The van der Waals surface area contributed by atoms with Crippen LogP contribution in [0.2, 0.25) is 0 Å². The van der Waals surface area contributed by atoms with Crippen LogP contribution < -0.4 is 0 Å². The van der Waals surface area contributed by atoms with Gasteiger partial charge in [-0.25, -0.2) is 0 Å². The Kier molecular flexibility index (Phi) is 3.36. The zero-order chi connectivity index (χ0) is 17.4. The number of aliphatic hydroxyl groups is 1. The van der Waals surface area contributed by atoms with Gasteiger partial charge in [0.25, 0.3) is 0 Å². The van der Waals surface area contributed by atoms with Crippen molar-refractivity contribution >= 4 is 0 Å². The number of allylic oxidation sites excluding steroid dienone is 3. The van der Waals surface area contributed by atoms with Crippen molar-refractivity contribution in [3.8, 4) is 0 Å². The minimum absolute atomic E-state index is 0.0438. The maximum atomic E-state index is 11.5. The smallest absolute Gasteiger partial charge is 0.0959 e. The molecule has 25 heavy (non-hydrogen) atoms. The first-order chi connectivity index (χ1) is 12.0. The second-order valence-corrected chi connectivity index (χ2v) is 9.62. The van der Waals surface area contributed by atoms with Crippen molar-refractivity contribution in [2.75, 3.05) is 20.8 Å².